The van der Waals surface area contributed by atoms with Gasteiger partial charge in [0.2, 0.25) is 5.82 Å². The molecule has 5 heterocycles. The predicted octanol–water partition coefficient (Wildman–Crippen LogP) is 9.32. The van der Waals surface area contributed by atoms with Crippen LogP contribution in [0.4, 0.5) is 21.6 Å². The second kappa shape index (κ2) is 16.5. The number of anilines is 2. The van der Waals surface area contributed by atoms with E-state index in [-0.39, 0.29) is 23.7 Å². The number of alkyl halides is 1. The molecule has 16 heteroatoms. The molecule has 5 aliphatic rings. The number of amides is 1. The van der Waals surface area contributed by atoms with Gasteiger partial charge in [-0.05, 0) is 117 Å². The third-order valence-corrected chi connectivity index (χ3v) is 15.7. The minimum atomic E-state index is -4.67. The highest BCUT2D eigenvalue weighted by Crippen LogP contribution is 2.55. The van der Waals surface area contributed by atoms with Crippen LogP contribution in [-0.2, 0) is 10.0 Å². The Morgan fingerprint density at radius 2 is 1.70 bits per heavy atom. The van der Waals surface area contributed by atoms with Crippen molar-refractivity contribution in [3.63, 3.8) is 0 Å². The van der Waals surface area contributed by atoms with Gasteiger partial charge >= 0.3 is 5.69 Å². The van der Waals surface area contributed by atoms with Gasteiger partial charge in [-0.15, -0.1) is 0 Å². The van der Waals surface area contributed by atoms with Crippen LogP contribution in [0.1, 0.15) is 117 Å². The Kier molecular flexibility index (Phi) is 10.8. The molecule has 1 amide bonds. The van der Waals surface area contributed by atoms with Crippen molar-refractivity contribution >= 4 is 44.2 Å². The Hall–Kier alpha value is -5.61. The number of benzene rings is 2. The third-order valence-electron chi connectivity index (χ3n) is 14.4. The number of carbonyl (C=O) groups excluding carboxylic acids is 1. The van der Waals surface area contributed by atoms with E-state index in [1.165, 1.54) is 44.7 Å². The molecule has 0 unspecified atom stereocenters. The highest BCUT2D eigenvalue weighted by Gasteiger charge is 2.50. The number of hydrogen-bond donors (Lipinski definition) is 3. The Morgan fingerprint density at radius 1 is 0.921 bits per heavy atom. The molecule has 330 valence electrons. The summed E-state index contributed by atoms with van der Waals surface area (Å²) in [5, 5.41) is 15.6. The zero-order valence-corrected chi connectivity index (χ0v) is 36.0. The van der Waals surface area contributed by atoms with Gasteiger partial charge in [-0.3, -0.25) is 19.8 Å². The van der Waals surface area contributed by atoms with E-state index in [2.05, 4.69) is 59.1 Å². The number of nitrogens with zero attached hydrogens (tertiary/aromatic N) is 5. The number of nitrogens with one attached hydrogen (secondary N) is 3. The molecule has 0 radical (unpaired) electrons. The van der Waals surface area contributed by atoms with Crippen LogP contribution in [0.25, 0.3) is 11.0 Å². The number of rotatable bonds is 13. The molecule has 5 fully saturated rings. The number of halogens is 1. The average Bonchev–Trinajstić information content (AvgIpc) is 3.82. The van der Waals surface area contributed by atoms with Gasteiger partial charge in [0.1, 0.15) is 27.7 Å². The lowest BCUT2D eigenvalue weighted by Crippen LogP contribution is -2.54. The zero-order chi connectivity index (χ0) is 43.3. The number of H-pyrrole nitrogens is 1. The Labute approximate surface area is 366 Å². The van der Waals surface area contributed by atoms with Gasteiger partial charge in [0.05, 0.1) is 29.4 Å². The van der Waals surface area contributed by atoms with Crippen LogP contribution in [0.5, 0.6) is 11.5 Å². The monoisotopic (exact) mass is 876 g/mol. The molecular weight excluding hydrogens is 824 g/mol. The van der Waals surface area contributed by atoms with Crippen LogP contribution in [0, 0.1) is 15.5 Å². The van der Waals surface area contributed by atoms with E-state index >= 15 is 4.39 Å². The second-order valence-electron chi connectivity index (χ2n) is 18.5. The van der Waals surface area contributed by atoms with Crippen LogP contribution in [0.2, 0.25) is 0 Å². The number of pyridine rings is 2. The summed E-state index contributed by atoms with van der Waals surface area (Å²) in [5.74, 6) is -0.0355. The maximum atomic E-state index is 15.3. The topological polar surface area (TPSA) is 176 Å². The summed E-state index contributed by atoms with van der Waals surface area (Å²) in [5.41, 5.74) is 2.67. The summed E-state index contributed by atoms with van der Waals surface area (Å²) in [6.07, 6.45) is 16.8. The van der Waals surface area contributed by atoms with Gasteiger partial charge in [-0.2, -0.15) is 0 Å². The van der Waals surface area contributed by atoms with Crippen molar-refractivity contribution in [1.82, 2.24) is 24.6 Å². The van der Waals surface area contributed by atoms with Gasteiger partial charge in [-0.25, -0.2) is 27.5 Å². The predicted molar refractivity (Wildman–Crippen MR) is 238 cm³/mol. The van der Waals surface area contributed by atoms with E-state index in [1.54, 1.807) is 41.6 Å². The molecule has 2 aliphatic heterocycles. The standard InChI is InChI=1S/C47H53FN8O6S/c48-47(15-4-1-5-16-47)30-52-44-41(56(58)59)25-36(29-51-44)63(60,61)53-45(57)39-13-12-33(24-42(39)62-35-23-32-14-19-49-43(32)50-28-35)54-21-17-46(18-22-54)26-34(27-46)55-20-6-9-40(55)38-8-3-2-7-37(38)31-10-11-31/h2-3,7-8,12-14,19,23-25,28-29,31,34,40H,1,4-6,9-11,15-18,20-22,26-27,30H2,(H,49,50)(H,51,52)(H,53,57)/t40-/m1/s1. The minimum Gasteiger partial charge on any atom is -0.455 e. The zero-order valence-electron chi connectivity index (χ0n) is 35.2. The Bertz CT molecular complexity index is 2650. The van der Waals surface area contributed by atoms with Crippen molar-refractivity contribution in [1.29, 1.82) is 0 Å². The molecule has 14 nitrogen and oxygen atoms in total. The van der Waals surface area contributed by atoms with E-state index in [0.29, 0.717) is 54.6 Å². The molecular formula is C47H53FN8O6S. The number of aromatic nitrogens is 3. The number of sulfonamides is 1. The number of hydrogen-bond acceptors (Lipinski definition) is 11. The van der Waals surface area contributed by atoms with E-state index in [9.17, 15) is 23.3 Å². The molecule has 2 saturated heterocycles. The first kappa shape index (κ1) is 41.4. The Morgan fingerprint density at radius 3 is 2.46 bits per heavy atom. The van der Waals surface area contributed by atoms with Crippen molar-refractivity contribution < 1.29 is 27.3 Å². The fourth-order valence-corrected chi connectivity index (χ4v) is 11.7. The number of nitro groups is 1. The lowest BCUT2D eigenvalue weighted by molar-refractivity contribution is -0.384. The maximum absolute atomic E-state index is 15.3. The summed E-state index contributed by atoms with van der Waals surface area (Å²) in [6, 6.07) is 19.8. The molecule has 3 N–H and O–H groups in total. The molecule has 3 saturated carbocycles. The third kappa shape index (κ3) is 8.46. The van der Waals surface area contributed by atoms with Crippen LogP contribution < -0.4 is 19.7 Å². The van der Waals surface area contributed by atoms with Crippen LogP contribution in [-0.4, -0.2) is 77.0 Å². The summed E-state index contributed by atoms with van der Waals surface area (Å²) in [6.45, 7) is 2.64. The molecule has 1 spiro atoms. The first-order valence-electron chi connectivity index (χ1n) is 22.4. The van der Waals surface area contributed by atoms with Gasteiger partial charge in [0.15, 0.2) is 0 Å². The van der Waals surface area contributed by atoms with Gasteiger partial charge in [0, 0.05) is 54.6 Å². The second-order valence-corrected chi connectivity index (χ2v) is 20.2. The number of fused-ring (bicyclic) bond motifs is 1. The summed E-state index contributed by atoms with van der Waals surface area (Å²) >= 11 is 0. The summed E-state index contributed by atoms with van der Waals surface area (Å²) < 4.78 is 51.0. The fourth-order valence-electron chi connectivity index (χ4n) is 10.7. The maximum Gasteiger partial charge on any atom is 0.312 e. The molecule has 3 aliphatic carbocycles. The molecule has 3 aromatic heterocycles. The smallest absolute Gasteiger partial charge is 0.312 e. The van der Waals surface area contributed by atoms with Crippen molar-refractivity contribution in [2.75, 3.05) is 36.4 Å². The van der Waals surface area contributed by atoms with Crippen molar-refractivity contribution in [2.24, 2.45) is 5.41 Å². The van der Waals surface area contributed by atoms with E-state index in [0.717, 1.165) is 68.2 Å². The van der Waals surface area contributed by atoms with Crippen LogP contribution >= 0.6 is 0 Å². The molecule has 10 rings (SSSR count). The molecule has 0 bridgehead atoms. The average molecular weight is 877 g/mol. The van der Waals surface area contributed by atoms with Gasteiger partial charge in [0.25, 0.3) is 15.9 Å². The van der Waals surface area contributed by atoms with Crippen molar-refractivity contribution in [2.45, 2.75) is 112 Å². The molecule has 63 heavy (non-hydrogen) atoms. The first-order valence-corrected chi connectivity index (χ1v) is 23.9. The number of likely N-dealkylation sites (tertiary alicyclic amines) is 1. The fraction of sp³-hybridized carbons (Fsp3) is 0.468. The van der Waals surface area contributed by atoms with E-state index in [4.69, 9.17) is 4.74 Å². The van der Waals surface area contributed by atoms with E-state index < -0.39 is 37.1 Å². The lowest BCUT2D eigenvalue weighted by Gasteiger charge is -2.56. The number of piperidine rings is 1. The first-order chi connectivity index (χ1) is 30.4. The lowest BCUT2D eigenvalue weighted by atomic mass is 9.59. The molecule has 5 aromatic rings. The largest absolute Gasteiger partial charge is 0.455 e. The quantitative estimate of drug-likeness (QED) is 0.0759. The van der Waals surface area contributed by atoms with Crippen LogP contribution in [0.3, 0.4) is 0 Å². The van der Waals surface area contributed by atoms with Gasteiger partial charge in [-0.1, -0.05) is 43.5 Å². The highest BCUT2D eigenvalue weighted by molar-refractivity contribution is 7.90. The summed E-state index contributed by atoms with van der Waals surface area (Å²) in [4.78, 5) is 41.2. The van der Waals surface area contributed by atoms with Crippen LogP contribution in [0.15, 0.2) is 84.1 Å². The Balaban J connectivity index is 0.843. The van der Waals surface area contributed by atoms with Gasteiger partial charge < -0.3 is 19.9 Å². The summed E-state index contributed by atoms with van der Waals surface area (Å²) in [7, 11) is -4.67. The van der Waals surface area contributed by atoms with E-state index in [1.807, 2.05) is 6.07 Å². The van der Waals surface area contributed by atoms with Crippen molar-refractivity contribution in [3.8, 4) is 11.5 Å². The molecule has 1 atom stereocenters. The van der Waals surface area contributed by atoms with Crippen molar-refractivity contribution in [3.05, 3.63) is 106 Å². The number of carbonyl (C=O) groups is 1. The number of ether oxygens (including phenoxy) is 1. The minimum absolute atomic E-state index is 0.0586. The normalized spacial score (nSPS) is 21.3. The highest BCUT2D eigenvalue weighted by atomic mass is 32.2. The SMILES string of the molecule is O=C(NS(=O)(=O)c1cnc(NCC2(F)CCCCC2)c([N+](=O)[O-])c1)c1ccc(N2CCC3(CC2)CC(N2CCC[C@@H]2c2ccccc2C2CC2)C3)cc1Oc1cnc2[nH]ccc2c1. The number of aromatic amines is 1. The molecule has 2 aromatic carbocycles.